The van der Waals surface area contributed by atoms with Gasteiger partial charge in [0.1, 0.15) is 6.73 Å². The minimum Gasteiger partial charge on any atom is -0.364 e. The Kier molecular flexibility index (Phi) is 8.47. The van der Waals surface area contributed by atoms with Crippen molar-refractivity contribution < 1.29 is 4.74 Å². The third-order valence-electron chi connectivity index (χ3n) is 2.58. The topological polar surface area (TPSA) is 57.2 Å². The second-order valence-corrected chi connectivity index (χ2v) is 4.40. The van der Waals surface area contributed by atoms with Gasteiger partial charge in [-0.1, -0.05) is 0 Å². The number of ether oxygens (including phenoxy) is 1. The predicted molar refractivity (Wildman–Crippen MR) is 84.0 cm³/mol. The summed E-state index contributed by atoms with van der Waals surface area (Å²) in [5.74, 6) is 0. The zero-order valence-electron chi connectivity index (χ0n) is 12.9. The normalized spacial score (nSPS) is 12.0. The zero-order chi connectivity index (χ0) is 15.3. The molecule has 0 N–H and O–H groups in total. The van der Waals surface area contributed by atoms with Crippen LogP contribution in [0.3, 0.4) is 0 Å². The molecule has 2 aromatic heterocycles. The van der Waals surface area contributed by atoms with E-state index in [1.165, 1.54) is 5.57 Å². The third-order valence-corrected chi connectivity index (χ3v) is 2.58. The predicted octanol–water partition coefficient (Wildman–Crippen LogP) is 2.75. The molecule has 0 radical (unpaired) electrons. The van der Waals surface area contributed by atoms with Crippen molar-refractivity contribution in [2.24, 2.45) is 4.99 Å². The van der Waals surface area contributed by atoms with Crippen LogP contribution < -0.4 is 0 Å². The van der Waals surface area contributed by atoms with Gasteiger partial charge in [-0.25, -0.2) is 9.97 Å². The van der Waals surface area contributed by atoms with E-state index in [2.05, 4.69) is 28.8 Å². The summed E-state index contributed by atoms with van der Waals surface area (Å²) in [6, 6.07) is 0. The van der Waals surface area contributed by atoms with Crippen molar-refractivity contribution in [3.8, 4) is 0 Å². The highest BCUT2D eigenvalue weighted by Crippen LogP contribution is 2.02. The summed E-state index contributed by atoms with van der Waals surface area (Å²) < 4.78 is 8.67. The van der Waals surface area contributed by atoms with Gasteiger partial charge in [0.25, 0.3) is 0 Å². The van der Waals surface area contributed by atoms with E-state index >= 15 is 0 Å². The Bertz CT molecular complexity index is 514. The summed E-state index contributed by atoms with van der Waals surface area (Å²) in [4.78, 5) is 11.6. The average Bonchev–Trinajstić information content (AvgIpc) is 3.23. The molecule has 114 valence electrons. The first-order valence-corrected chi connectivity index (χ1v) is 6.84. The summed E-state index contributed by atoms with van der Waals surface area (Å²) >= 11 is 0. The van der Waals surface area contributed by atoms with Gasteiger partial charge in [0.05, 0.1) is 12.7 Å². The summed E-state index contributed by atoms with van der Waals surface area (Å²) in [5.41, 5.74) is 1.36. The standard InChI is InChI=1S/C5H8N2O.C5H8N2.C5H7N/c1-8-5-7-3-2-6-4-7;1-2-7-4-3-6-5-7;1-5-2-3-6-4-5/h2-4H,5H2,1H3;3-5H,2H2,1H3;3-4H,2H2,1H3. The highest BCUT2D eigenvalue weighted by molar-refractivity contribution is 5.64. The second-order valence-electron chi connectivity index (χ2n) is 4.40. The lowest BCUT2D eigenvalue weighted by Gasteiger charge is -1.95. The molecule has 0 bridgehead atoms. The summed E-state index contributed by atoms with van der Waals surface area (Å²) in [7, 11) is 1.65. The van der Waals surface area contributed by atoms with Crippen LogP contribution >= 0.6 is 0 Å². The lowest BCUT2D eigenvalue weighted by molar-refractivity contribution is 0.131. The number of aliphatic imine (C=N–C) groups is 1. The average molecular weight is 289 g/mol. The first-order chi connectivity index (χ1) is 10.3. The molecular weight excluding hydrogens is 266 g/mol. The number of allylic oxidation sites excluding steroid dienone is 1. The first-order valence-electron chi connectivity index (χ1n) is 6.84. The highest BCUT2D eigenvalue weighted by Gasteiger charge is 1.87. The summed E-state index contributed by atoms with van der Waals surface area (Å²) in [6.45, 7) is 5.76. The van der Waals surface area contributed by atoms with E-state index in [-0.39, 0.29) is 0 Å². The molecule has 0 aliphatic carbocycles. The van der Waals surface area contributed by atoms with Gasteiger partial charge < -0.3 is 13.9 Å². The zero-order valence-corrected chi connectivity index (χ0v) is 12.9. The largest absolute Gasteiger partial charge is 0.364 e. The van der Waals surface area contributed by atoms with Crippen LogP contribution in [-0.4, -0.2) is 32.4 Å². The van der Waals surface area contributed by atoms with Gasteiger partial charge in [-0.05, 0) is 19.4 Å². The van der Waals surface area contributed by atoms with E-state index < -0.39 is 0 Å². The molecule has 0 fully saturated rings. The Morgan fingerprint density at radius 3 is 2.10 bits per heavy atom. The van der Waals surface area contributed by atoms with Crippen LogP contribution in [0.4, 0.5) is 0 Å². The molecule has 2 aromatic rings. The molecule has 0 aromatic carbocycles. The van der Waals surface area contributed by atoms with Crippen LogP contribution in [0, 0.1) is 0 Å². The quantitative estimate of drug-likeness (QED) is 0.873. The number of methoxy groups -OCH3 is 1. The number of nitrogens with zero attached hydrogens (tertiary/aromatic N) is 5. The molecule has 0 saturated heterocycles. The second kappa shape index (κ2) is 10.6. The fourth-order valence-electron chi connectivity index (χ4n) is 1.42. The molecule has 6 heteroatoms. The van der Waals surface area contributed by atoms with Crippen LogP contribution in [-0.2, 0) is 18.0 Å². The summed E-state index contributed by atoms with van der Waals surface area (Å²) in [6.07, 6.45) is 15.7. The smallest absolute Gasteiger partial charge is 0.123 e. The molecular formula is C15H23N5O. The molecule has 21 heavy (non-hydrogen) atoms. The molecule has 3 heterocycles. The van der Waals surface area contributed by atoms with Crippen molar-refractivity contribution in [2.45, 2.75) is 33.5 Å². The molecule has 6 nitrogen and oxygen atoms in total. The molecule has 0 atom stereocenters. The van der Waals surface area contributed by atoms with Crippen molar-refractivity contribution in [3.63, 3.8) is 0 Å². The van der Waals surface area contributed by atoms with Crippen LogP contribution in [0.1, 0.15) is 20.3 Å². The van der Waals surface area contributed by atoms with Gasteiger partial charge in [-0.3, -0.25) is 4.99 Å². The third kappa shape index (κ3) is 7.84. The van der Waals surface area contributed by atoms with Crippen molar-refractivity contribution in [2.75, 3.05) is 7.11 Å². The minimum absolute atomic E-state index is 0.583. The van der Waals surface area contributed by atoms with E-state index in [4.69, 9.17) is 4.74 Å². The fourth-order valence-corrected chi connectivity index (χ4v) is 1.42. The van der Waals surface area contributed by atoms with Crippen LogP contribution in [0.25, 0.3) is 0 Å². The van der Waals surface area contributed by atoms with Crippen molar-refractivity contribution in [1.82, 2.24) is 19.1 Å². The Labute approximate surface area is 125 Å². The number of hydrogen-bond acceptors (Lipinski definition) is 4. The van der Waals surface area contributed by atoms with E-state index in [0.717, 1.165) is 13.0 Å². The number of rotatable bonds is 3. The Morgan fingerprint density at radius 2 is 1.81 bits per heavy atom. The van der Waals surface area contributed by atoms with Gasteiger partial charge in [0, 0.05) is 57.3 Å². The van der Waals surface area contributed by atoms with Crippen LogP contribution in [0.15, 0.2) is 54.2 Å². The Balaban J connectivity index is 0.000000159. The van der Waals surface area contributed by atoms with Gasteiger partial charge >= 0.3 is 0 Å². The SMILES string of the molecule is CC1=CN=CC1.CCn1ccnc1.COCn1ccnc1. The lowest BCUT2D eigenvalue weighted by Crippen LogP contribution is -1.94. The van der Waals surface area contributed by atoms with Gasteiger partial charge in [-0.15, -0.1) is 0 Å². The maximum Gasteiger partial charge on any atom is 0.123 e. The molecule has 0 unspecified atom stereocenters. The number of hydrogen-bond donors (Lipinski definition) is 0. The number of aryl methyl sites for hydroxylation is 1. The Morgan fingerprint density at radius 1 is 1.14 bits per heavy atom. The van der Waals surface area contributed by atoms with Crippen molar-refractivity contribution in [1.29, 1.82) is 0 Å². The van der Waals surface area contributed by atoms with E-state index in [0.29, 0.717) is 6.73 Å². The first kappa shape index (κ1) is 16.8. The monoisotopic (exact) mass is 289 g/mol. The molecule has 0 spiro atoms. The maximum atomic E-state index is 4.81. The highest BCUT2D eigenvalue weighted by atomic mass is 16.5. The van der Waals surface area contributed by atoms with Gasteiger partial charge in [0.15, 0.2) is 0 Å². The van der Waals surface area contributed by atoms with Crippen molar-refractivity contribution >= 4 is 6.21 Å². The molecule has 3 rings (SSSR count). The molecule has 1 aliphatic rings. The van der Waals surface area contributed by atoms with Gasteiger partial charge in [-0.2, -0.15) is 0 Å². The lowest BCUT2D eigenvalue weighted by atomic mass is 10.3. The Hall–Kier alpha value is -2.21. The fraction of sp³-hybridized carbons (Fsp3) is 0.400. The molecule has 0 amide bonds. The number of imidazole rings is 2. The molecule has 0 saturated carbocycles. The number of aromatic nitrogens is 4. The van der Waals surface area contributed by atoms with Crippen LogP contribution in [0.5, 0.6) is 0 Å². The van der Waals surface area contributed by atoms with E-state index in [1.807, 2.05) is 33.9 Å². The van der Waals surface area contributed by atoms with E-state index in [1.54, 1.807) is 32.2 Å². The summed E-state index contributed by atoms with van der Waals surface area (Å²) in [5, 5.41) is 0. The van der Waals surface area contributed by atoms with Gasteiger partial charge in [0.2, 0.25) is 0 Å². The van der Waals surface area contributed by atoms with E-state index in [9.17, 15) is 0 Å². The van der Waals surface area contributed by atoms with Crippen LogP contribution in [0.2, 0.25) is 0 Å². The molecule has 1 aliphatic heterocycles. The maximum absolute atomic E-state index is 4.81. The van der Waals surface area contributed by atoms with Crippen molar-refractivity contribution in [3.05, 3.63) is 49.2 Å². The minimum atomic E-state index is 0.583.